The van der Waals surface area contributed by atoms with E-state index in [9.17, 15) is 4.79 Å². The van der Waals surface area contributed by atoms with Crippen LogP contribution in [-0.4, -0.2) is 12.4 Å². The molecule has 0 aliphatic rings. The summed E-state index contributed by atoms with van der Waals surface area (Å²) in [5.74, 6) is 0. The van der Waals surface area contributed by atoms with E-state index in [1.807, 2.05) is 13.0 Å². The van der Waals surface area contributed by atoms with Crippen LogP contribution in [0.5, 0.6) is 0 Å². The van der Waals surface area contributed by atoms with Crippen LogP contribution in [0.2, 0.25) is 0 Å². The zero-order valence-corrected chi connectivity index (χ0v) is 8.66. The summed E-state index contributed by atoms with van der Waals surface area (Å²) in [6.45, 7) is 4.18. The highest BCUT2D eigenvalue weighted by Gasteiger charge is 2.02. The molecule has 0 saturated heterocycles. The van der Waals surface area contributed by atoms with Gasteiger partial charge in [0, 0.05) is 6.42 Å². The molecular weight excluding hydrogens is 164 g/mol. The minimum absolute atomic E-state index is 0.0652. The highest BCUT2D eigenvalue weighted by Crippen LogP contribution is 2.03. The van der Waals surface area contributed by atoms with Crippen LogP contribution in [0.3, 0.4) is 0 Å². The van der Waals surface area contributed by atoms with Gasteiger partial charge in [0.15, 0.2) is 0 Å². The van der Waals surface area contributed by atoms with Gasteiger partial charge in [-0.15, -0.1) is 0 Å². The van der Waals surface area contributed by atoms with E-state index < -0.39 is 0 Å². The molecule has 0 aromatic heterocycles. The number of allylic oxidation sites excluding steroid dienone is 1. The second kappa shape index (κ2) is 9.30. The van der Waals surface area contributed by atoms with E-state index in [0.717, 1.165) is 19.1 Å². The van der Waals surface area contributed by atoms with Gasteiger partial charge in [0.2, 0.25) is 0 Å². The van der Waals surface area contributed by atoms with Gasteiger partial charge in [-0.25, -0.2) is 0 Å². The van der Waals surface area contributed by atoms with Crippen LogP contribution < -0.4 is 0 Å². The Hall–Kier alpha value is -0.790. The molecule has 0 radical (unpaired) electrons. The Labute approximate surface area is 81.0 Å². The van der Waals surface area contributed by atoms with Gasteiger partial charge in [0.05, 0.1) is 6.26 Å². The summed E-state index contributed by atoms with van der Waals surface area (Å²) >= 11 is 0. The number of ether oxygens (including phenoxy) is 1. The molecule has 2 heteroatoms. The average Bonchev–Trinajstić information content (AvgIpc) is 2.16. The van der Waals surface area contributed by atoms with Crippen molar-refractivity contribution in [2.75, 3.05) is 0 Å². The summed E-state index contributed by atoms with van der Waals surface area (Å²) in [6.07, 6.45) is 9.58. The van der Waals surface area contributed by atoms with Crippen LogP contribution in [0, 0.1) is 0 Å². The third-order valence-corrected chi connectivity index (χ3v) is 1.91. The quantitative estimate of drug-likeness (QED) is 0.329. The largest absolute Gasteiger partial charge is 0.498 e. The standard InChI is InChI=1S/C11H20O2/c1-3-5-6-7-10-13-11(4-2)8-9-12/h7,9-11H,3-6,8H2,1-2H3. The molecule has 0 rings (SSSR count). The van der Waals surface area contributed by atoms with E-state index in [0.29, 0.717) is 6.42 Å². The molecule has 0 aromatic carbocycles. The molecule has 0 saturated carbocycles. The molecule has 0 aliphatic carbocycles. The Balaban J connectivity index is 3.46. The van der Waals surface area contributed by atoms with Crippen molar-refractivity contribution < 1.29 is 9.53 Å². The lowest BCUT2D eigenvalue weighted by Crippen LogP contribution is -2.08. The maximum Gasteiger partial charge on any atom is 0.123 e. The average molecular weight is 184 g/mol. The van der Waals surface area contributed by atoms with Crippen LogP contribution in [0.25, 0.3) is 0 Å². The fraction of sp³-hybridized carbons (Fsp3) is 0.727. The third kappa shape index (κ3) is 7.57. The molecule has 13 heavy (non-hydrogen) atoms. The Bertz CT molecular complexity index is 141. The smallest absolute Gasteiger partial charge is 0.123 e. The lowest BCUT2D eigenvalue weighted by Gasteiger charge is -2.10. The van der Waals surface area contributed by atoms with Crippen molar-refractivity contribution in [1.29, 1.82) is 0 Å². The summed E-state index contributed by atoms with van der Waals surface area (Å²) in [5, 5.41) is 0. The maximum absolute atomic E-state index is 10.2. The molecule has 2 nitrogen and oxygen atoms in total. The zero-order chi connectivity index (χ0) is 9.94. The molecule has 0 aliphatic heterocycles. The van der Waals surface area contributed by atoms with Gasteiger partial charge in [-0.05, 0) is 25.3 Å². The van der Waals surface area contributed by atoms with Gasteiger partial charge < -0.3 is 9.53 Å². The van der Waals surface area contributed by atoms with Crippen molar-refractivity contribution in [2.45, 2.75) is 52.1 Å². The molecule has 0 aromatic rings. The van der Waals surface area contributed by atoms with Crippen LogP contribution in [0.4, 0.5) is 0 Å². The Kier molecular flexibility index (Phi) is 8.73. The van der Waals surface area contributed by atoms with Crippen LogP contribution >= 0.6 is 0 Å². The van der Waals surface area contributed by atoms with E-state index in [1.54, 1.807) is 6.26 Å². The highest BCUT2D eigenvalue weighted by molar-refractivity contribution is 5.50. The van der Waals surface area contributed by atoms with Gasteiger partial charge in [0.1, 0.15) is 12.4 Å². The summed E-state index contributed by atoms with van der Waals surface area (Å²) in [4.78, 5) is 10.2. The van der Waals surface area contributed by atoms with E-state index in [2.05, 4.69) is 6.92 Å². The van der Waals surface area contributed by atoms with Crippen LogP contribution in [0.15, 0.2) is 12.3 Å². The molecular formula is C11H20O2. The molecule has 1 atom stereocenters. The highest BCUT2D eigenvalue weighted by atomic mass is 16.5. The minimum atomic E-state index is 0.0652. The predicted molar refractivity (Wildman–Crippen MR) is 54.5 cm³/mol. The Morgan fingerprint density at radius 1 is 1.38 bits per heavy atom. The number of hydrogen-bond donors (Lipinski definition) is 0. The molecule has 0 N–H and O–H groups in total. The molecule has 0 amide bonds. The Morgan fingerprint density at radius 2 is 2.15 bits per heavy atom. The molecule has 0 fully saturated rings. The Morgan fingerprint density at radius 3 is 2.69 bits per heavy atom. The first-order chi connectivity index (χ1) is 6.35. The van der Waals surface area contributed by atoms with Crippen molar-refractivity contribution in [1.82, 2.24) is 0 Å². The molecule has 0 spiro atoms. The SMILES string of the molecule is CCCCC=COC(CC)CC=O. The number of carbonyl (C=O) groups is 1. The van der Waals surface area contributed by atoms with Gasteiger partial charge in [0.25, 0.3) is 0 Å². The van der Waals surface area contributed by atoms with Crippen LogP contribution in [0.1, 0.15) is 46.0 Å². The van der Waals surface area contributed by atoms with Gasteiger partial charge in [-0.1, -0.05) is 20.3 Å². The lowest BCUT2D eigenvalue weighted by atomic mass is 10.2. The topological polar surface area (TPSA) is 26.3 Å². The number of aldehydes is 1. The summed E-state index contributed by atoms with van der Waals surface area (Å²) in [5.41, 5.74) is 0. The molecule has 76 valence electrons. The first-order valence-electron chi connectivity index (χ1n) is 5.09. The first kappa shape index (κ1) is 12.2. The van der Waals surface area contributed by atoms with Crippen molar-refractivity contribution in [3.8, 4) is 0 Å². The normalized spacial score (nSPS) is 13.1. The summed E-state index contributed by atoms with van der Waals surface area (Å²) < 4.78 is 5.37. The monoisotopic (exact) mass is 184 g/mol. The van der Waals surface area contributed by atoms with Crippen molar-refractivity contribution in [3.63, 3.8) is 0 Å². The maximum atomic E-state index is 10.2. The summed E-state index contributed by atoms with van der Waals surface area (Å²) in [6, 6.07) is 0. The number of hydrogen-bond acceptors (Lipinski definition) is 2. The summed E-state index contributed by atoms with van der Waals surface area (Å²) in [7, 11) is 0. The molecule has 0 bridgehead atoms. The zero-order valence-electron chi connectivity index (χ0n) is 8.66. The lowest BCUT2D eigenvalue weighted by molar-refractivity contribution is -0.109. The second-order valence-electron chi connectivity index (χ2n) is 3.08. The fourth-order valence-corrected chi connectivity index (χ4v) is 0.982. The minimum Gasteiger partial charge on any atom is -0.498 e. The first-order valence-corrected chi connectivity index (χ1v) is 5.09. The van der Waals surface area contributed by atoms with Crippen molar-refractivity contribution in [3.05, 3.63) is 12.3 Å². The van der Waals surface area contributed by atoms with Crippen molar-refractivity contribution >= 4 is 6.29 Å². The number of rotatable bonds is 8. The van der Waals surface area contributed by atoms with Gasteiger partial charge >= 0.3 is 0 Å². The second-order valence-corrected chi connectivity index (χ2v) is 3.08. The van der Waals surface area contributed by atoms with E-state index in [4.69, 9.17) is 4.74 Å². The number of unbranched alkanes of at least 4 members (excludes halogenated alkanes) is 2. The fourth-order valence-electron chi connectivity index (χ4n) is 0.982. The third-order valence-electron chi connectivity index (χ3n) is 1.91. The van der Waals surface area contributed by atoms with Crippen LogP contribution in [-0.2, 0) is 9.53 Å². The molecule has 0 heterocycles. The number of carbonyl (C=O) groups excluding carboxylic acids is 1. The van der Waals surface area contributed by atoms with Gasteiger partial charge in [-0.3, -0.25) is 0 Å². The van der Waals surface area contributed by atoms with E-state index in [1.165, 1.54) is 12.8 Å². The van der Waals surface area contributed by atoms with Crippen molar-refractivity contribution in [2.24, 2.45) is 0 Å². The predicted octanol–water partition coefficient (Wildman–Crippen LogP) is 3.07. The molecule has 1 unspecified atom stereocenters. The van der Waals surface area contributed by atoms with Gasteiger partial charge in [-0.2, -0.15) is 0 Å². The van der Waals surface area contributed by atoms with E-state index in [-0.39, 0.29) is 6.10 Å². The van der Waals surface area contributed by atoms with E-state index >= 15 is 0 Å².